The van der Waals surface area contributed by atoms with Gasteiger partial charge in [-0.15, -0.1) is 0 Å². The van der Waals surface area contributed by atoms with Gasteiger partial charge in [0.05, 0.1) is 21.3 Å². The summed E-state index contributed by atoms with van der Waals surface area (Å²) in [6, 6.07) is 3.70. The summed E-state index contributed by atoms with van der Waals surface area (Å²) in [6.07, 6.45) is 0.301. The van der Waals surface area contributed by atoms with Gasteiger partial charge in [0.1, 0.15) is 0 Å². The molecule has 0 heterocycles. The minimum absolute atomic E-state index is 0.301. The SMILES string of the molecule is COc1ccc(CNCCC(N)=O)c(OC)c1OC. The lowest BCUT2D eigenvalue weighted by Crippen LogP contribution is -2.21. The number of nitrogens with one attached hydrogen (secondary N) is 1. The lowest BCUT2D eigenvalue weighted by molar-refractivity contribution is -0.117. The zero-order valence-electron chi connectivity index (χ0n) is 11.5. The molecule has 1 amide bonds. The third-order valence-corrected chi connectivity index (χ3v) is 2.65. The minimum atomic E-state index is -0.327. The lowest BCUT2D eigenvalue weighted by Gasteiger charge is -2.16. The fourth-order valence-corrected chi connectivity index (χ4v) is 1.74. The minimum Gasteiger partial charge on any atom is -0.493 e. The molecule has 0 saturated heterocycles. The summed E-state index contributed by atoms with van der Waals surface area (Å²) in [5, 5.41) is 3.12. The van der Waals surface area contributed by atoms with Gasteiger partial charge >= 0.3 is 0 Å². The van der Waals surface area contributed by atoms with E-state index in [0.29, 0.717) is 36.8 Å². The van der Waals surface area contributed by atoms with Crippen LogP contribution in [0.5, 0.6) is 17.2 Å². The molecule has 0 fully saturated rings. The van der Waals surface area contributed by atoms with E-state index in [0.717, 1.165) is 5.56 Å². The van der Waals surface area contributed by atoms with Crippen molar-refractivity contribution in [2.75, 3.05) is 27.9 Å². The number of carbonyl (C=O) groups excluding carboxylic acids is 1. The van der Waals surface area contributed by atoms with E-state index in [2.05, 4.69) is 5.32 Å². The number of primary amides is 1. The largest absolute Gasteiger partial charge is 0.493 e. The van der Waals surface area contributed by atoms with Gasteiger partial charge in [0, 0.05) is 25.1 Å². The topological polar surface area (TPSA) is 82.8 Å². The Kier molecular flexibility index (Phi) is 5.95. The predicted molar refractivity (Wildman–Crippen MR) is 71.6 cm³/mol. The molecule has 6 nitrogen and oxygen atoms in total. The molecule has 0 bridgehead atoms. The first kappa shape index (κ1) is 15.1. The number of benzene rings is 1. The zero-order chi connectivity index (χ0) is 14.3. The van der Waals surface area contributed by atoms with E-state index in [-0.39, 0.29) is 5.91 Å². The third kappa shape index (κ3) is 4.03. The number of ether oxygens (including phenoxy) is 3. The highest BCUT2D eigenvalue weighted by atomic mass is 16.5. The Labute approximate surface area is 112 Å². The fourth-order valence-electron chi connectivity index (χ4n) is 1.74. The number of methoxy groups -OCH3 is 3. The van der Waals surface area contributed by atoms with E-state index in [1.54, 1.807) is 21.3 Å². The van der Waals surface area contributed by atoms with Gasteiger partial charge in [0.2, 0.25) is 11.7 Å². The molecule has 0 radical (unpaired) electrons. The van der Waals surface area contributed by atoms with Gasteiger partial charge in [0.15, 0.2) is 11.5 Å². The molecule has 19 heavy (non-hydrogen) atoms. The average molecular weight is 268 g/mol. The molecule has 106 valence electrons. The smallest absolute Gasteiger partial charge is 0.218 e. The summed E-state index contributed by atoms with van der Waals surface area (Å²) in [4.78, 5) is 10.6. The van der Waals surface area contributed by atoms with Crippen LogP contribution in [0.15, 0.2) is 12.1 Å². The van der Waals surface area contributed by atoms with Crippen molar-refractivity contribution in [1.82, 2.24) is 5.32 Å². The van der Waals surface area contributed by atoms with Crippen molar-refractivity contribution in [3.8, 4) is 17.2 Å². The second-order valence-corrected chi connectivity index (χ2v) is 3.89. The standard InChI is InChI=1S/C13H20N2O4/c1-17-10-5-4-9(8-15-7-6-11(14)16)12(18-2)13(10)19-3/h4-5,15H,6-8H2,1-3H3,(H2,14,16). The highest BCUT2D eigenvalue weighted by Crippen LogP contribution is 2.39. The molecular weight excluding hydrogens is 248 g/mol. The lowest BCUT2D eigenvalue weighted by atomic mass is 10.1. The van der Waals surface area contributed by atoms with Crippen molar-refractivity contribution in [2.24, 2.45) is 5.73 Å². The summed E-state index contributed by atoms with van der Waals surface area (Å²) in [5.74, 6) is 1.46. The van der Waals surface area contributed by atoms with Crippen LogP contribution in [0.1, 0.15) is 12.0 Å². The Morgan fingerprint density at radius 1 is 1.16 bits per heavy atom. The molecule has 0 saturated carbocycles. The van der Waals surface area contributed by atoms with Gasteiger partial charge in [0.25, 0.3) is 0 Å². The second-order valence-electron chi connectivity index (χ2n) is 3.89. The van der Waals surface area contributed by atoms with E-state index in [1.165, 1.54) is 0 Å². The molecule has 0 aromatic heterocycles. The molecule has 0 unspecified atom stereocenters. The zero-order valence-corrected chi connectivity index (χ0v) is 11.5. The average Bonchev–Trinajstić information content (AvgIpc) is 2.42. The molecule has 1 aromatic carbocycles. The molecule has 0 atom stereocenters. The maximum atomic E-state index is 10.6. The van der Waals surface area contributed by atoms with E-state index in [4.69, 9.17) is 19.9 Å². The van der Waals surface area contributed by atoms with Crippen molar-refractivity contribution in [1.29, 1.82) is 0 Å². The van der Waals surface area contributed by atoms with Crippen LogP contribution in [-0.2, 0) is 11.3 Å². The van der Waals surface area contributed by atoms with Crippen molar-refractivity contribution < 1.29 is 19.0 Å². The normalized spacial score (nSPS) is 10.1. The predicted octanol–water partition coefficient (Wildman–Crippen LogP) is 0.677. The van der Waals surface area contributed by atoms with Crippen molar-refractivity contribution in [2.45, 2.75) is 13.0 Å². The van der Waals surface area contributed by atoms with Crippen LogP contribution in [0.3, 0.4) is 0 Å². The Morgan fingerprint density at radius 2 is 1.84 bits per heavy atom. The summed E-state index contributed by atoms with van der Waals surface area (Å²) in [5.41, 5.74) is 5.99. The van der Waals surface area contributed by atoms with Gasteiger partial charge in [-0.05, 0) is 6.07 Å². The van der Waals surface area contributed by atoms with Gasteiger partial charge < -0.3 is 25.3 Å². The summed E-state index contributed by atoms with van der Waals surface area (Å²) in [7, 11) is 4.71. The molecule has 0 aliphatic heterocycles. The molecule has 6 heteroatoms. The van der Waals surface area contributed by atoms with E-state index < -0.39 is 0 Å². The Morgan fingerprint density at radius 3 is 2.37 bits per heavy atom. The van der Waals surface area contributed by atoms with Crippen LogP contribution in [0.2, 0.25) is 0 Å². The third-order valence-electron chi connectivity index (χ3n) is 2.65. The molecule has 0 aliphatic carbocycles. The number of carbonyl (C=O) groups is 1. The van der Waals surface area contributed by atoms with Crippen LogP contribution < -0.4 is 25.3 Å². The summed E-state index contributed by atoms with van der Waals surface area (Å²) >= 11 is 0. The van der Waals surface area contributed by atoms with Crippen LogP contribution in [0.25, 0.3) is 0 Å². The van der Waals surface area contributed by atoms with Gasteiger partial charge in [-0.3, -0.25) is 4.79 Å². The van der Waals surface area contributed by atoms with Crippen LogP contribution >= 0.6 is 0 Å². The molecule has 1 aromatic rings. The first-order valence-electron chi connectivity index (χ1n) is 5.90. The molecule has 3 N–H and O–H groups in total. The van der Waals surface area contributed by atoms with E-state index in [9.17, 15) is 4.79 Å². The number of rotatable bonds is 8. The Balaban J connectivity index is 2.80. The van der Waals surface area contributed by atoms with Gasteiger partial charge in [-0.25, -0.2) is 0 Å². The monoisotopic (exact) mass is 268 g/mol. The highest BCUT2D eigenvalue weighted by molar-refractivity contribution is 5.73. The molecule has 0 spiro atoms. The highest BCUT2D eigenvalue weighted by Gasteiger charge is 2.15. The maximum Gasteiger partial charge on any atom is 0.218 e. The number of nitrogens with two attached hydrogens (primary N) is 1. The van der Waals surface area contributed by atoms with Crippen molar-refractivity contribution in [3.05, 3.63) is 17.7 Å². The second kappa shape index (κ2) is 7.48. The van der Waals surface area contributed by atoms with Gasteiger partial charge in [-0.1, -0.05) is 6.07 Å². The first-order valence-corrected chi connectivity index (χ1v) is 5.90. The van der Waals surface area contributed by atoms with Crippen LogP contribution in [0, 0.1) is 0 Å². The van der Waals surface area contributed by atoms with E-state index in [1.807, 2.05) is 12.1 Å². The molecule has 1 rings (SSSR count). The number of hydrogen-bond donors (Lipinski definition) is 2. The Hall–Kier alpha value is -1.95. The van der Waals surface area contributed by atoms with Gasteiger partial charge in [-0.2, -0.15) is 0 Å². The van der Waals surface area contributed by atoms with Crippen LogP contribution in [-0.4, -0.2) is 33.8 Å². The summed E-state index contributed by atoms with van der Waals surface area (Å²) < 4.78 is 15.8. The number of amides is 1. The van der Waals surface area contributed by atoms with Crippen LogP contribution in [0.4, 0.5) is 0 Å². The van der Waals surface area contributed by atoms with Crippen molar-refractivity contribution >= 4 is 5.91 Å². The first-order chi connectivity index (χ1) is 9.13. The number of hydrogen-bond acceptors (Lipinski definition) is 5. The fraction of sp³-hybridized carbons (Fsp3) is 0.462. The van der Waals surface area contributed by atoms with E-state index >= 15 is 0 Å². The van der Waals surface area contributed by atoms with Crippen molar-refractivity contribution in [3.63, 3.8) is 0 Å². The maximum absolute atomic E-state index is 10.6. The quantitative estimate of drug-likeness (QED) is 0.677. The summed E-state index contributed by atoms with van der Waals surface area (Å²) in [6.45, 7) is 1.07. The molecular formula is C13H20N2O4. The molecule has 0 aliphatic rings. The Bertz CT molecular complexity index is 435.